The number of benzene rings is 3. The Balaban J connectivity index is 2.09. The van der Waals surface area contributed by atoms with E-state index in [1.165, 1.54) is 36.3 Å². The molecule has 8 nitrogen and oxygen atoms in total. The van der Waals surface area contributed by atoms with Gasteiger partial charge in [0.1, 0.15) is 18.3 Å². The molecule has 0 saturated carbocycles. The molecule has 0 aromatic heterocycles. The maximum absolute atomic E-state index is 14.1. The topological polar surface area (TPSA) is 96.0 Å². The second-order valence-electron chi connectivity index (χ2n) is 11.0. The summed E-state index contributed by atoms with van der Waals surface area (Å²) in [5.41, 5.74) is 2.34. The number of rotatable bonds is 10. The summed E-state index contributed by atoms with van der Waals surface area (Å²) in [7, 11) is -2.75. The van der Waals surface area contributed by atoms with Crippen LogP contribution in [0.5, 0.6) is 5.75 Å². The second-order valence-corrected chi connectivity index (χ2v) is 13.3. The largest absolute Gasteiger partial charge is 0.495 e. The number of anilines is 1. The summed E-state index contributed by atoms with van der Waals surface area (Å²) in [6, 6.07) is 17.6. The minimum absolute atomic E-state index is 0.0202. The minimum atomic E-state index is -4.21. The van der Waals surface area contributed by atoms with Crippen molar-refractivity contribution in [2.24, 2.45) is 0 Å². The lowest BCUT2D eigenvalue weighted by atomic mass is 10.1. The number of sulfonamides is 1. The monoisotopic (exact) mass is 599 g/mol. The molecular weight excluding hydrogens is 562 g/mol. The van der Waals surface area contributed by atoms with Gasteiger partial charge in [-0.25, -0.2) is 8.42 Å². The van der Waals surface area contributed by atoms with Crippen molar-refractivity contribution in [1.82, 2.24) is 10.2 Å². The van der Waals surface area contributed by atoms with Crippen molar-refractivity contribution in [2.45, 2.75) is 64.6 Å². The van der Waals surface area contributed by atoms with Crippen LogP contribution in [0.2, 0.25) is 5.02 Å². The summed E-state index contributed by atoms with van der Waals surface area (Å²) in [5, 5.41) is 3.12. The molecule has 0 unspecified atom stereocenters. The lowest BCUT2D eigenvalue weighted by Crippen LogP contribution is -2.54. The first-order valence-electron chi connectivity index (χ1n) is 13.2. The van der Waals surface area contributed by atoms with Gasteiger partial charge in [0.2, 0.25) is 11.8 Å². The molecule has 0 aliphatic carbocycles. The maximum atomic E-state index is 14.1. The molecule has 3 aromatic carbocycles. The van der Waals surface area contributed by atoms with Gasteiger partial charge in [0.25, 0.3) is 10.0 Å². The summed E-state index contributed by atoms with van der Waals surface area (Å²) in [5.74, 6) is -0.532. The standard InChI is InChI=1S/C31H38ClN3O5S/c1-21-12-15-26(16-13-21)41(38,39)35(25-14-17-28(40-7)27(32)18-25)20-29(36)34(19-24-11-9-8-10-22(24)2)23(3)30(37)33-31(4,5)6/h8-18,23H,19-20H2,1-7H3,(H,33,37)/t23-/m1/s1. The van der Waals surface area contributed by atoms with Crippen molar-refractivity contribution < 1.29 is 22.7 Å². The van der Waals surface area contributed by atoms with Crippen molar-refractivity contribution in [3.05, 3.63) is 88.4 Å². The van der Waals surface area contributed by atoms with E-state index in [1.807, 2.05) is 58.9 Å². The summed E-state index contributed by atoms with van der Waals surface area (Å²) < 4.78 is 34.2. The molecule has 0 aliphatic heterocycles. The lowest BCUT2D eigenvalue weighted by molar-refractivity contribution is -0.140. The number of amides is 2. The van der Waals surface area contributed by atoms with Gasteiger partial charge in [-0.3, -0.25) is 13.9 Å². The molecule has 41 heavy (non-hydrogen) atoms. The Hall–Kier alpha value is -3.56. The van der Waals surface area contributed by atoms with Gasteiger partial charge in [-0.1, -0.05) is 53.6 Å². The summed E-state index contributed by atoms with van der Waals surface area (Å²) >= 11 is 6.37. The number of nitrogens with one attached hydrogen (secondary N) is 1. The van der Waals surface area contributed by atoms with Gasteiger partial charge in [0.05, 0.1) is 22.7 Å². The van der Waals surface area contributed by atoms with Crippen LogP contribution in [0.1, 0.15) is 44.4 Å². The van der Waals surface area contributed by atoms with Gasteiger partial charge in [-0.2, -0.15) is 0 Å². The molecular formula is C31H38ClN3O5S. The number of ether oxygens (including phenoxy) is 1. The summed E-state index contributed by atoms with van der Waals surface area (Å²) in [6.07, 6.45) is 0. The number of halogens is 1. The first kappa shape index (κ1) is 32.0. The van der Waals surface area contributed by atoms with Crippen LogP contribution in [0.4, 0.5) is 5.69 Å². The number of aryl methyl sites for hydroxylation is 2. The van der Waals surface area contributed by atoms with Crippen LogP contribution in [-0.4, -0.2) is 50.4 Å². The van der Waals surface area contributed by atoms with E-state index in [4.69, 9.17) is 16.3 Å². The number of hydrogen-bond donors (Lipinski definition) is 1. The van der Waals surface area contributed by atoms with Crippen LogP contribution in [0.3, 0.4) is 0 Å². The molecule has 2 amide bonds. The molecule has 1 atom stereocenters. The number of carbonyl (C=O) groups excluding carboxylic acids is 2. The lowest BCUT2D eigenvalue weighted by Gasteiger charge is -2.34. The van der Waals surface area contributed by atoms with Crippen LogP contribution in [0, 0.1) is 13.8 Å². The van der Waals surface area contributed by atoms with E-state index < -0.39 is 34.1 Å². The Morgan fingerprint density at radius 3 is 2.20 bits per heavy atom. The van der Waals surface area contributed by atoms with E-state index in [-0.39, 0.29) is 28.1 Å². The second kappa shape index (κ2) is 13.0. The highest BCUT2D eigenvalue weighted by Crippen LogP contribution is 2.32. The fraction of sp³-hybridized carbons (Fsp3) is 0.355. The number of methoxy groups -OCH3 is 1. The average Bonchev–Trinajstić information content (AvgIpc) is 2.90. The Morgan fingerprint density at radius 1 is 1.00 bits per heavy atom. The Kier molecular flexibility index (Phi) is 10.1. The maximum Gasteiger partial charge on any atom is 0.264 e. The number of nitrogens with zero attached hydrogens (tertiary/aromatic N) is 2. The molecule has 0 aliphatic rings. The molecule has 0 spiro atoms. The summed E-state index contributed by atoms with van der Waals surface area (Å²) in [6.45, 7) is 10.5. The van der Waals surface area contributed by atoms with Gasteiger partial charge < -0.3 is 15.0 Å². The van der Waals surface area contributed by atoms with Crippen LogP contribution in [0.15, 0.2) is 71.6 Å². The zero-order valence-corrected chi connectivity index (χ0v) is 26.1. The van der Waals surface area contributed by atoms with Crippen LogP contribution in [0.25, 0.3) is 0 Å². The highest BCUT2D eigenvalue weighted by atomic mass is 35.5. The highest BCUT2D eigenvalue weighted by molar-refractivity contribution is 7.92. The fourth-order valence-electron chi connectivity index (χ4n) is 4.20. The van der Waals surface area contributed by atoms with E-state index in [1.54, 1.807) is 25.1 Å². The molecule has 3 rings (SSSR count). The summed E-state index contributed by atoms with van der Waals surface area (Å²) in [4.78, 5) is 28.7. The average molecular weight is 600 g/mol. The zero-order chi connectivity index (χ0) is 30.5. The third-order valence-electron chi connectivity index (χ3n) is 6.58. The van der Waals surface area contributed by atoms with Gasteiger partial charge in [-0.15, -0.1) is 0 Å². The molecule has 0 fully saturated rings. The highest BCUT2D eigenvalue weighted by Gasteiger charge is 2.33. The van der Waals surface area contributed by atoms with Crippen molar-refractivity contribution in [3.63, 3.8) is 0 Å². The predicted octanol–water partition coefficient (Wildman–Crippen LogP) is 5.49. The third kappa shape index (κ3) is 8.01. The quantitative estimate of drug-likeness (QED) is 0.332. The normalized spacial score (nSPS) is 12.4. The Labute approximate surface area is 248 Å². The van der Waals surface area contributed by atoms with Gasteiger partial charge in [0.15, 0.2) is 0 Å². The number of carbonyl (C=O) groups is 2. The predicted molar refractivity (Wildman–Crippen MR) is 163 cm³/mol. The molecule has 1 N–H and O–H groups in total. The minimum Gasteiger partial charge on any atom is -0.495 e. The van der Waals surface area contributed by atoms with Crippen molar-refractivity contribution in [3.8, 4) is 5.75 Å². The fourth-order valence-corrected chi connectivity index (χ4v) is 5.86. The first-order valence-corrected chi connectivity index (χ1v) is 15.0. The molecule has 10 heteroatoms. The third-order valence-corrected chi connectivity index (χ3v) is 8.66. The number of hydrogen-bond acceptors (Lipinski definition) is 5. The molecule has 0 radical (unpaired) electrons. The smallest absolute Gasteiger partial charge is 0.264 e. The van der Waals surface area contributed by atoms with E-state index in [0.717, 1.165) is 21.0 Å². The molecule has 0 bridgehead atoms. The van der Waals surface area contributed by atoms with Gasteiger partial charge in [-0.05, 0) is 83.0 Å². The molecule has 0 heterocycles. The Bertz CT molecular complexity index is 1500. The van der Waals surface area contributed by atoms with Crippen LogP contribution in [-0.2, 0) is 26.2 Å². The van der Waals surface area contributed by atoms with E-state index >= 15 is 0 Å². The van der Waals surface area contributed by atoms with Crippen molar-refractivity contribution in [1.29, 1.82) is 0 Å². The van der Waals surface area contributed by atoms with Crippen molar-refractivity contribution in [2.75, 3.05) is 18.0 Å². The molecule has 220 valence electrons. The molecule has 0 saturated heterocycles. The van der Waals surface area contributed by atoms with E-state index in [9.17, 15) is 18.0 Å². The van der Waals surface area contributed by atoms with Gasteiger partial charge >= 0.3 is 0 Å². The van der Waals surface area contributed by atoms with Crippen LogP contribution >= 0.6 is 11.6 Å². The van der Waals surface area contributed by atoms with Gasteiger partial charge in [0, 0.05) is 12.1 Å². The van der Waals surface area contributed by atoms with Crippen LogP contribution < -0.4 is 14.4 Å². The zero-order valence-electron chi connectivity index (χ0n) is 24.6. The first-order chi connectivity index (χ1) is 19.1. The van der Waals surface area contributed by atoms with Crippen molar-refractivity contribution >= 4 is 39.1 Å². The Morgan fingerprint density at radius 2 is 1.63 bits per heavy atom. The molecule has 3 aromatic rings. The van der Waals surface area contributed by atoms with E-state index in [2.05, 4.69) is 5.32 Å². The van der Waals surface area contributed by atoms with E-state index in [0.29, 0.717) is 5.75 Å². The SMILES string of the molecule is COc1ccc(N(CC(=O)N(Cc2ccccc2C)[C@H](C)C(=O)NC(C)(C)C)S(=O)(=O)c2ccc(C)cc2)cc1Cl.